The lowest BCUT2D eigenvalue weighted by molar-refractivity contribution is 0.187. The highest BCUT2D eigenvalue weighted by molar-refractivity contribution is 4.79. The minimum absolute atomic E-state index is 0.425. The second-order valence-corrected chi connectivity index (χ2v) is 5.39. The van der Waals surface area contributed by atoms with Crippen molar-refractivity contribution >= 4 is 0 Å². The Bertz CT molecular complexity index is 125. The van der Waals surface area contributed by atoms with Crippen LogP contribution < -0.4 is 5.32 Å². The molecule has 0 bridgehead atoms. The molecular weight excluding hydrogens is 146 g/mol. The zero-order valence-corrected chi connectivity index (χ0v) is 9.62. The lowest BCUT2D eigenvalue weighted by Crippen LogP contribution is -2.31. The normalized spacial score (nSPS) is 13.5. The van der Waals surface area contributed by atoms with Crippen molar-refractivity contribution in [3.63, 3.8) is 0 Å². The molecule has 0 atom stereocenters. The first-order valence-electron chi connectivity index (χ1n) is 4.97. The lowest BCUT2D eigenvalue weighted by atomic mass is 9.74. The van der Waals surface area contributed by atoms with Crippen LogP contribution in [0.2, 0.25) is 0 Å². The summed E-state index contributed by atoms with van der Waals surface area (Å²) in [6, 6.07) is 0. The standard InChI is InChI=1S/C11H25N/c1-7-10(2,3)8-11(4,5)9-12-6/h12H,7-9H2,1-6H3. The van der Waals surface area contributed by atoms with E-state index >= 15 is 0 Å². The molecular formula is C11H25N. The van der Waals surface area contributed by atoms with Gasteiger partial charge in [0.2, 0.25) is 0 Å². The number of hydrogen-bond acceptors (Lipinski definition) is 1. The van der Waals surface area contributed by atoms with Gasteiger partial charge in [0, 0.05) is 0 Å². The van der Waals surface area contributed by atoms with Crippen LogP contribution in [0.4, 0.5) is 0 Å². The topological polar surface area (TPSA) is 12.0 Å². The molecule has 0 saturated heterocycles. The van der Waals surface area contributed by atoms with Gasteiger partial charge in [0.1, 0.15) is 0 Å². The van der Waals surface area contributed by atoms with Gasteiger partial charge in [-0.1, -0.05) is 41.0 Å². The van der Waals surface area contributed by atoms with E-state index in [1.54, 1.807) is 0 Å². The predicted octanol–water partition coefficient (Wildman–Crippen LogP) is 3.06. The predicted molar refractivity (Wildman–Crippen MR) is 56.4 cm³/mol. The van der Waals surface area contributed by atoms with E-state index in [1.807, 2.05) is 7.05 Å². The minimum atomic E-state index is 0.425. The molecule has 0 aliphatic heterocycles. The van der Waals surface area contributed by atoms with Crippen LogP contribution in [0.5, 0.6) is 0 Å². The van der Waals surface area contributed by atoms with Gasteiger partial charge in [-0.3, -0.25) is 0 Å². The molecule has 12 heavy (non-hydrogen) atoms. The van der Waals surface area contributed by atoms with Crippen LogP contribution in [0, 0.1) is 10.8 Å². The zero-order valence-electron chi connectivity index (χ0n) is 9.62. The number of hydrogen-bond donors (Lipinski definition) is 1. The van der Waals surface area contributed by atoms with Gasteiger partial charge in [0.15, 0.2) is 0 Å². The first-order valence-corrected chi connectivity index (χ1v) is 4.97. The molecule has 0 unspecified atom stereocenters. The maximum Gasteiger partial charge on any atom is -0.0000286 e. The van der Waals surface area contributed by atoms with Gasteiger partial charge in [0.25, 0.3) is 0 Å². The molecule has 0 aromatic carbocycles. The van der Waals surface area contributed by atoms with Crippen molar-refractivity contribution in [3.05, 3.63) is 0 Å². The molecule has 0 spiro atoms. The summed E-state index contributed by atoms with van der Waals surface area (Å²) in [5, 5.41) is 3.25. The van der Waals surface area contributed by atoms with Crippen LogP contribution in [0.3, 0.4) is 0 Å². The van der Waals surface area contributed by atoms with Crippen LogP contribution in [-0.4, -0.2) is 13.6 Å². The van der Waals surface area contributed by atoms with E-state index in [-0.39, 0.29) is 0 Å². The summed E-state index contributed by atoms with van der Waals surface area (Å²) in [6.07, 6.45) is 2.55. The van der Waals surface area contributed by atoms with Gasteiger partial charge in [-0.25, -0.2) is 0 Å². The van der Waals surface area contributed by atoms with Gasteiger partial charge in [-0.2, -0.15) is 0 Å². The largest absolute Gasteiger partial charge is 0.319 e. The van der Waals surface area contributed by atoms with Crippen molar-refractivity contribution in [2.75, 3.05) is 13.6 Å². The summed E-state index contributed by atoms with van der Waals surface area (Å²) >= 11 is 0. The Hall–Kier alpha value is -0.0400. The highest BCUT2D eigenvalue weighted by Gasteiger charge is 2.26. The van der Waals surface area contributed by atoms with Gasteiger partial charge in [-0.15, -0.1) is 0 Å². The van der Waals surface area contributed by atoms with Crippen molar-refractivity contribution in [1.29, 1.82) is 0 Å². The van der Waals surface area contributed by atoms with E-state index in [2.05, 4.69) is 39.9 Å². The summed E-state index contributed by atoms with van der Waals surface area (Å²) in [5.41, 5.74) is 0.911. The van der Waals surface area contributed by atoms with Gasteiger partial charge >= 0.3 is 0 Å². The summed E-state index contributed by atoms with van der Waals surface area (Å²) in [7, 11) is 2.03. The molecule has 1 nitrogen and oxygen atoms in total. The third-order valence-electron chi connectivity index (χ3n) is 2.57. The molecule has 0 fully saturated rings. The Balaban J connectivity index is 4.04. The Morgan fingerprint density at radius 3 is 1.83 bits per heavy atom. The monoisotopic (exact) mass is 171 g/mol. The second kappa shape index (κ2) is 4.27. The van der Waals surface area contributed by atoms with Gasteiger partial charge in [0.05, 0.1) is 0 Å². The van der Waals surface area contributed by atoms with E-state index in [4.69, 9.17) is 0 Å². The molecule has 0 aliphatic rings. The highest BCUT2D eigenvalue weighted by atomic mass is 14.8. The van der Waals surface area contributed by atoms with Crippen LogP contribution in [0.25, 0.3) is 0 Å². The van der Waals surface area contributed by atoms with Crippen molar-refractivity contribution in [3.8, 4) is 0 Å². The van der Waals surface area contributed by atoms with Gasteiger partial charge in [-0.05, 0) is 30.8 Å². The van der Waals surface area contributed by atoms with E-state index < -0.39 is 0 Å². The Morgan fingerprint density at radius 1 is 1.00 bits per heavy atom. The summed E-state index contributed by atoms with van der Waals surface area (Å²) < 4.78 is 0. The molecule has 0 radical (unpaired) electrons. The number of rotatable bonds is 5. The van der Waals surface area contributed by atoms with Crippen molar-refractivity contribution in [2.45, 2.75) is 47.5 Å². The van der Waals surface area contributed by atoms with Crippen LogP contribution >= 0.6 is 0 Å². The fourth-order valence-electron chi connectivity index (χ4n) is 1.96. The quantitative estimate of drug-likeness (QED) is 0.670. The third kappa shape index (κ3) is 4.76. The fourth-order valence-corrected chi connectivity index (χ4v) is 1.96. The molecule has 0 aliphatic carbocycles. The smallest absolute Gasteiger partial charge is 0.0000286 e. The molecule has 1 N–H and O–H groups in total. The SMILES string of the molecule is CCC(C)(C)CC(C)(C)CNC. The third-order valence-corrected chi connectivity index (χ3v) is 2.57. The molecule has 0 aromatic heterocycles. The Labute approximate surface area is 77.9 Å². The van der Waals surface area contributed by atoms with Crippen molar-refractivity contribution < 1.29 is 0 Å². The highest BCUT2D eigenvalue weighted by Crippen LogP contribution is 2.35. The lowest BCUT2D eigenvalue weighted by Gasteiger charge is -2.34. The maximum absolute atomic E-state index is 3.25. The number of nitrogens with one attached hydrogen (secondary N) is 1. The Kier molecular flexibility index (Phi) is 4.25. The summed E-state index contributed by atoms with van der Waals surface area (Å²) in [6.45, 7) is 12.8. The minimum Gasteiger partial charge on any atom is -0.319 e. The van der Waals surface area contributed by atoms with Crippen LogP contribution in [0.15, 0.2) is 0 Å². The van der Waals surface area contributed by atoms with E-state index in [0.29, 0.717) is 10.8 Å². The molecule has 1 heteroatoms. The summed E-state index contributed by atoms with van der Waals surface area (Å²) in [4.78, 5) is 0. The molecule has 0 amide bonds. The van der Waals surface area contributed by atoms with Crippen molar-refractivity contribution in [2.24, 2.45) is 10.8 Å². The molecule has 0 heterocycles. The van der Waals surface area contributed by atoms with E-state index in [0.717, 1.165) is 6.54 Å². The van der Waals surface area contributed by atoms with Crippen LogP contribution in [-0.2, 0) is 0 Å². The van der Waals surface area contributed by atoms with E-state index in [1.165, 1.54) is 12.8 Å². The fraction of sp³-hybridized carbons (Fsp3) is 1.00. The van der Waals surface area contributed by atoms with E-state index in [9.17, 15) is 0 Å². The first-order chi connectivity index (χ1) is 5.33. The first kappa shape index (κ1) is 12.0. The average molecular weight is 171 g/mol. The molecule has 74 valence electrons. The maximum atomic E-state index is 3.25. The molecule has 0 rings (SSSR count). The molecule has 0 aromatic rings. The Morgan fingerprint density at radius 2 is 1.50 bits per heavy atom. The molecule has 0 saturated carbocycles. The van der Waals surface area contributed by atoms with Crippen molar-refractivity contribution in [1.82, 2.24) is 5.32 Å². The summed E-state index contributed by atoms with van der Waals surface area (Å²) in [5.74, 6) is 0. The second-order valence-electron chi connectivity index (χ2n) is 5.39. The van der Waals surface area contributed by atoms with Crippen LogP contribution in [0.1, 0.15) is 47.5 Å². The average Bonchev–Trinajstić information content (AvgIpc) is 1.85. The van der Waals surface area contributed by atoms with Gasteiger partial charge < -0.3 is 5.32 Å². The zero-order chi connectivity index (χ0) is 9.83.